The molecular weight excluding hydrogens is 270 g/mol. The Morgan fingerprint density at radius 3 is 2.47 bits per heavy atom. The number of morpholine rings is 1. The van der Waals surface area contributed by atoms with Gasteiger partial charge < -0.3 is 20.7 Å². The van der Waals surface area contributed by atoms with Gasteiger partial charge in [-0.2, -0.15) is 0 Å². The van der Waals surface area contributed by atoms with Crippen molar-refractivity contribution >= 4 is 24.2 Å². The molecule has 0 aromatic heterocycles. The first-order valence-corrected chi connectivity index (χ1v) is 6.45. The summed E-state index contributed by atoms with van der Waals surface area (Å²) in [7, 11) is 0. The van der Waals surface area contributed by atoms with E-state index in [0.29, 0.717) is 26.3 Å². The van der Waals surface area contributed by atoms with Crippen LogP contribution in [0.1, 0.15) is 20.3 Å². The molecule has 0 saturated carbocycles. The van der Waals surface area contributed by atoms with E-state index in [1.165, 1.54) is 0 Å². The zero-order chi connectivity index (χ0) is 13.5. The topological polar surface area (TPSA) is 84.7 Å². The van der Waals surface area contributed by atoms with Crippen molar-refractivity contribution in [2.45, 2.75) is 26.3 Å². The number of carbonyl (C=O) groups is 2. The molecule has 2 atom stereocenters. The van der Waals surface area contributed by atoms with Crippen molar-refractivity contribution in [2.24, 2.45) is 11.7 Å². The molecule has 1 saturated heterocycles. The van der Waals surface area contributed by atoms with Gasteiger partial charge in [0.05, 0.1) is 25.8 Å². The highest BCUT2D eigenvalue weighted by molar-refractivity contribution is 5.87. The smallest absolute Gasteiger partial charge is 0.242 e. The number of ether oxygens (including phenoxy) is 1. The predicted octanol–water partition coefficient (Wildman–Crippen LogP) is -0.243. The summed E-state index contributed by atoms with van der Waals surface area (Å²) in [6.45, 7) is 6.23. The third-order valence-corrected chi connectivity index (χ3v) is 3.34. The van der Waals surface area contributed by atoms with Crippen LogP contribution in [0.15, 0.2) is 0 Å². The Kier molecular flexibility index (Phi) is 8.71. The molecule has 1 aliphatic rings. The molecule has 19 heavy (non-hydrogen) atoms. The molecular formula is C12H24ClN3O3. The summed E-state index contributed by atoms with van der Waals surface area (Å²) in [4.78, 5) is 25.2. The SMILES string of the molecule is CCC(C)C(N)C(=O)NCC(=O)N1CCOCC1.Cl. The third kappa shape index (κ3) is 5.76. The molecule has 2 amide bonds. The lowest BCUT2D eigenvalue weighted by Crippen LogP contribution is -2.50. The summed E-state index contributed by atoms with van der Waals surface area (Å²) < 4.78 is 5.16. The highest BCUT2D eigenvalue weighted by atomic mass is 35.5. The molecule has 0 aromatic rings. The first-order chi connectivity index (χ1) is 8.56. The summed E-state index contributed by atoms with van der Waals surface area (Å²) in [5.41, 5.74) is 5.78. The number of carbonyl (C=O) groups excluding carboxylic acids is 2. The van der Waals surface area contributed by atoms with Gasteiger partial charge in [-0.25, -0.2) is 0 Å². The molecule has 0 aliphatic carbocycles. The highest BCUT2D eigenvalue weighted by Gasteiger charge is 2.21. The van der Waals surface area contributed by atoms with Crippen LogP contribution in [0.5, 0.6) is 0 Å². The third-order valence-electron chi connectivity index (χ3n) is 3.34. The van der Waals surface area contributed by atoms with Crippen LogP contribution in [-0.4, -0.2) is 55.6 Å². The molecule has 1 aliphatic heterocycles. The van der Waals surface area contributed by atoms with Gasteiger partial charge in [0.2, 0.25) is 11.8 Å². The summed E-state index contributed by atoms with van der Waals surface area (Å²) >= 11 is 0. The van der Waals surface area contributed by atoms with Gasteiger partial charge in [-0.05, 0) is 5.92 Å². The Morgan fingerprint density at radius 2 is 1.95 bits per heavy atom. The van der Waals surface area contributed by atoms with Crippen molar-refractivity contribution in [2.75, 3.05) is 32.8 Å². The second kappa shape index (κ2) is 9.12. The van der Waals surface area contributed by atoms with Gasteiger partial charge in [0.15, 0.2) is 0 Å². The first-order valence-electron chi connectivity index (χ1n) is 6.45. The molecule has 3 N–H and O–H groups in total. The van der Waals surface area contributed by atoms with Crippen molar-refractivity contribution in [3.8, 4) is 0 Å². The lowest BCUT2D eigenvalue weighted by Gasteiger charge is -2.27. The monoisotopic (exact) mass is 293 g/mol. The Labute approximate surface area is 120 Å². The molecule has 0 spiro atoms. The number of nitrogens with two attached hydrogens (primary N) is 1. The van der Waals surface area contributed by atoms with E-state index in [1.54, 1.807) is 4.90 Å². The van der Waals surface area contributed by atoms with Crippen LogP contribution in [0.3, 0.4) is 0 Å². The van der Waals surface area contributed by atoms with Crippen molar-refractivity contribution in [3.63, 3.8) is 0 Å². The van der Waals surface area contributed by atoms with E-state index in [2.05, 4.69) is 5.32 Å². The fraction of sp³-hybridized carbons (Fsp3) is 0.833. The maximum atomic E-state index is 11.8. The van der Waals surface area contributed by atoms with Crippen molar-refractivity contribution in [1.29, 1.82) is 0 Å². The maximum Gasteiger partial charge on any atom is 0.242 e. The molecule has 0 bridgehead atoms. The van der Waals surface area contributed by atoms with Gasteiger partial charge in [0.1, 0.15) is 0 Å². The molecule has 0 radical (unpaired) electrons. The Bertz CT molecular complexity index is 282. The van der Waals surface area contributed by atoms with E-state index in [1.807, 2.05) is 13.8 Å². The number of rotatable bonds is 5. The van der Waals surface area contributed by atoms with Crippen LogP contribution >= 0.6 is 12.4 Å². The lowest BCUT2D eigenvalue weighted by molar-refractivity contribution is -0.136. The second-order valence-corrected chi connectivity index (χ2v) is 4.62. The normalized spacial score (nSPS) is 18.2. The van der Waals surface area contributed by atoms with Crippen LogP contribution < -0.4 is 11.1 Å². The summed E-state index contributed by atoms with van der Waals surface area (Å²) in [5.74, 6) is -0.225. The lowest BCUT2D eigenvalue weighted by atomic mass is 9.99. The Balaban J connectivity index is 0.00000324. The molecule has 1 fully saturated rings. The van der Waals surface area contributed by atoms with E-state index in [4.69, 9.17) is 10.5 Å². The van der Waals surface area contributed by atoms with Gasteiger partial charge >= 0.3 is 0 Å². The average Bonchev–Trinajstić information content (AvgIpc) is 2.43. The molecule has 6 nitrogen and oxygen atoms in total. The van der Waals surface area contributed by atoms with E-state index >= 15 is 0 Å². The summed E-state index contributed by atoms with van der Waals surface area (Å²) in [5, 5.41) is 2.60. The number of halogens is 1. The van der Waals surface area contributed by atoms with Crippen molar-refractivity contribution in [3.05, 3.63) is 0 Å². The number of nitrogens with one attached hydrogen (secondary N) is 1. The van der Waals surface area contributed by atoms with Crippen LogP contribution in [0.4, 0.5) is 0 Å². The van der Waals surface area contributed by atoms with Crippen molar-refractivity contribution < 1.29 is 14.3 Å². The summed E-state index contributed by atoms with van der Waals surface area (Å²) in [6.07, 6.45) is 0.839. The van der Waals surface area contributed by atoms with Crippen LogP contribution in [0.25, 0.3) is 0 Å². The van der Waals surface area contributed by atoms with E-state index < -0.39 is 6.04 Å². The number of hydrogen-bond donors (Lipinski definition) is 2. The standard InChI is InChI=1S/C12H23N3O3.ClH/c1-3-9(2)11(13)12(17)14-8-10(16)15-4-6-18-7-5-15;/h9,11H,3-8,13H2,1-2H3,(H,14,17);1H. The number of nitrogens with zero attached hydrogens (tertiary/aromatic N) is 1. The molecule has 2 unspecified atom stereocenters. The van der Waals surface area contributed by atoms with E-state index in [9.17, 15) is 9.59 Å². The summed E-state index contributed by atoms with van der Waals surface area (Å²) in [6, 6.07) is -0.549. The fourth-order valence-corrected chi connectivity index (χ4v) is 1.72. The van der Waals surface area contributed by atoms with Gasteiger partial charge in [0, 0.05) is 13.1 Å². The highest BCUT2D eigenvalue weighted by Crippen LogP contribution is 2.05. The Morgan fingerprint density at radius 1 is 1.37 bits per heavy atom. The van der Waals surface area contributed by atoms with Gasteiger partial charge in [0.25, 0.3) is 0 Å². The average molecular weight is 294 g/mol. The minimum absolute atomic E-state index is 0. The quantitative estimate of drug-likeness (QED) is 0.732. The molecule has 1 rings (SSSR count). The molecule has 0 aromatic carbocycles. The van der Waals surface area contributed by atoms with Gasteiger partial charge in [-0.15, -0.1) is 12.4 Å². The molecule has 1 heterocycles. The predicted molar refractivity (Wildman–Crippen MR) is 75.1 cm³/mol. The zero-order valence-corrected chi connectivity index (χ0v) is 12.4. The largest absolute Gasteiger partial charge is 0.378 e. The van der Waals surface area contributed by atoms with E-state index in [-0.39, 0.29) is 36.7 Å². The maximum absolute atomic E-state index is 11.8. The van der Waals surface area contributed by atoms with Crippen LogP contribution in [0, 0.1) is 5.92 Å². The molecule has 112 valence electrons. The van der Waals surface area contributed by atoms with Gasteiger partial charge in [-0.3, -0.25) is 9.59 Å². The first kappa shape index (κ1) is 18.1. The van der Waals surface area contributed by atoms with Crippen molar-refractivity contribution in [1.82, 2.24) is 10.2 Å². The number of amides is 2. The minimum Gasteiger partial charge on any atom is -0.378 e. The van der Waals surface area contributed by atoms with Crippen LogP contribution in [-0.2, 0) is 14.3 Å². The van der Waals surface area contributed by atoms with Crippen LogP contribution in [0.2, 0.25) is 0 Å². The molecule has 7 heteroatoms. The fourth-order valence-electron chi connectivity index (χ4n) is 1.72. The van der Waals surface area contributed by atoms with Gasteiger partial charge in [-0.1, -0.05) is 20.3 Å². The minimum atomic E-state index is -0.549. The number of hydrogen-bond acceptors (Lipinski definition) is 4. The van der Waals surface area contributed by atoms with E-state index in [0.717, 1.165) is 6.42 Å². The second-order valence-electron chi connectivity index (χ2n) is 4.62. The zero-order valence-electron chi connectivity index (χ0n) is 11.6. The Hall–Kier alpha value is -0.850.